The number of carbonyl (C=O) groups excluding carboxylic acids is 1. The first-order valence-electron chi connectivity index (χ1n) is 6.28. The van der Waals surface area contributed by atoms with Crippen molar-refractivity contribution in [2.24, 2.45) is 0 Å². The average Bonchev–Trinajstić information content (AvgIpc) is 2.97. The molecule has 21 heavy (non-hydrogen) atoms. The van der Waals surface area contributed by atoms with Crippen LogP contribution in [0.25, 0.3) is 11.3 Å². The predicted octanol–water partition coefficient (Wildman–Crippen LogP) is 0.907. The van der Waals surface area contributed by atoms with E-state index in [9.17, 15) is 9.59 Å². The molecule has 0 fully saturated rings. The minimum Gasteiger partial charge on any atom is -0.480 e. The zero-order chi connectivity index (χ0) is 15.2. The van der Waals surface area contributed by atoms with Gasteiger partial charge in [0.05, 0.1) is 0 Å². The van der Waals surface area contributed by atoms with Crippen molar-refractivity contribution in [1.82, 2.24) is 10.5 Å². The lowest BCUT2D eigenvalue weighted by atomic mass is 10.1. The molecule has 0 saturated carbocycles. The normalized spacial score (nSPS) is 11.9. The second-order valence-electron chi connectivity index (χ2n) is 4.32. The lowest BCUT2D eigenvalue weighted by molar-refractivity contribution is -0.139. The fraction of sp³-hybridized carbons (Fsp3) is 0.214. The number of hydrogen-bond donors (Lipinski definition) is 3. The summed E-state index contributed by atoms with van der Waals surface area (Å²) >= 11 is 0. The van der Waals surface area contributed by atoms with Gasteiger partial charge in [0.2, 0.25) is 5.76 Å². The first kappa shape index (κ1) is 14.7. The molecule has 3 N–H and O–H groups in total. The molecule has 1 heterocycles. The molecule has 110 valence electrons. The third-order valence-electron chi connectivity index (χ3n) is 2.82. The minimum absolute atomic E-state index is 0.0826. The predicted molar refractivity (Wildman–Crippen MR) is 72.5 cm³/mol. The van der Waals surface area contributed by atoms with Crippen molar-refractivity contribution in [2.45, 2.75) is 12.5 Å². The highest BCUT2D eigenvalue weighted by Crippen LogP contribution is 2.18. The van der Waals surface area contributed by atoms with E-state index in [1.54, 1.807) is 0 Å². The van der Waals surface area contributed by atoms with Crippen LogP contribution in [0.15, 0.2) is 40.9 Å². The third-order valence-corrected chi connectivity index (χ3v) is 2.82. The van der Waals surface area contributed by atoms with Crippen LogP contribution in [-0.4, -0.2) is 39.9 Å². The van der Waals surface area contributed by atoms with E-state index in [1.807, 2.05) is 30.3 Å². The van der Waals surface area contributed by atoms with Crippen LogP contribution in [0.1, 0.15) is 17.0 Å². The molecule has 1 aromatic carbocycles. The molecule has 2 rings (SSSR count). The first-order valence-corrected chi connectivity index (χ1v) is 6.28. The summed E-state index contributed by atoms with van der Waals surface area (Å²) in [5.74, 6) is -2.00. The zero-order valence-corrected chi connectivity index (χ0v) is 11.0. The van der Waals surface area contributed by atoms with Crippen LogP contribution in [0.4, 0.5) is 0 Å². The van der Waals surface area contributed by atoms with Gasteiger partial charge in [-0.15, -0.1) is 0 Å². The van der Waals surface area contributed by atoms with Crippen LogP contribution in [0, 0.1) is 0 Å². The number of carboxylic acids is 1. The molecule has 1 atom stereocenters. The quantitative estimate of drug-likeness (QED) is 0.728. The number of aromatic nitrogens is 1. The van der Waals surface area contributed by atoms with Crippen molar-refractivity contribution < 1.29 is 24.3 Å². The molecule has 0 spiro atoms. The van der Waals surface area contributed by atoms with Crippen LogP contribution < -0.4 is 5.32 Å². The SMILES string of the molecule is O=C(N[C@@H](CCO)C(=O)O)c1cc(-c2ccccc2)no1. The van der Waals surface area contributed by atoms with Crippen molar-refractivity contribution in [2.75, 3.05) is 6.61 Å². The Morgan fingerprint density at radius 1 is 1.29 bits per heavy atom. The van der Waals surface area contributed by atoms with Gasteiger partial charge in [-0.25, -0.2) is 4.79 Å². The van der Waals surface area contributed by atoms with E-state index in [4.69, 9.17) is 14.7 Å². The number of carbonyl (C=O) groups is 2. The molecule has 7 heteroatoms. The molecule has 0 aliphatic rings. The maximum absolute atomic E-state index is 11.9. The highest BCUT2D eigenvalue weighted by molar-refractivity contribution is 5.95. The molecule has 0 aliphatic carbocycles. The average molecular weight is 290 g/mol. The van der Waals surface area contributed by atoms with Gasteiger partial charge in [-0.3, -0.25) is 4.79 Å². The summed E-state index contributed by atoms with van der Waals surface area (Å²) < 4.78 is 4.92. The smallest absolute Gasteiger partial charge is 0.326 e. The number of hydrogen-bond acceptors (Lipinski definition) is 5. The van der Waals surface area contributed by atoms with E-state index in [-0.39, 0.29) is 18.8 Å². The van der Waals surface area contributed by atoms with Gasteiger partial charge in [0.1, 0.15) is 11.7 Å². The number of amides is 1. The fourth-order valence-corrected chi connectivity index (χ4v) is 1.74. The van der Waals surface area contributed by atoms with Crippen LogP contribution in [0.3, 0.4) is 0 Å². The Morgan fingerprint density at radius 2 is 2.00 bits per heavy atom. The number of aliphatic carboxylic acids is 1. The molecular formula is C14H14N2O5. The summed E-state index contributed by atoms with van der Waals surface area (Å²) in [6, 6.07) is 9.38. The van der Waals surface area contributed by atoms with E-state index in [2.05, 4.69) is 10.5 Å². The second-order valence-corrected chi connectivity index (χ2v) is 4.32. The number of rotatable bonds is 6. The Balaban J connectivity index is 2.10. The zero-order valence-electron chi connectivity index (χ0n) is 11.0. The Morgan fingerprint density at radius 3 is 2.62 bits per heavy atom. The van der Waals surface area contributed by atoms with Crippen molar-refractivity contribution in [3.8, 4) is 11.3 Å². The summed E-state index contributed by atoms with van der Waals surface area (Å²) in [5, 5.41) is 23.7. The molecule has 0 unspecified atom stereocenters. The van der Waals surface area contributed by atoms with Crippen LogP contribution in [0.5, 0.6) is 0 Å². The summed E-state index contributed by atoms with van der Waals surface area (Å²) in [6.07, 6.45) is -0.0826. The van der Waals surface area contributed by atoms with Gasteiger partial charge < -0.3 is 20.1 Å². The summed E-state index contributed by atoms with van der Waals surface area (Å²) in [4.78, 5) is 22.8. The topological polar surface area (TPSA) is 113 Å². The van der Waals surface area contributed by atoms with Crippen molar-refractivity contribution in [3.05, 3.63) is 42.2 Å². The molecule has 0 saturated heterocycles. The van der Waals surface area contributed by atoms with Gasteiger partial charge in [-0.05, 0) is 0 Å². The fourth-order valence-electron chi connectivity index (χ4n) is 1.74. The minimum atomic E-state index is -1.22. The van der Waals surface area contributed by atoms with E-state index in [0.717, 1.165) is 5.56 Å². The Bertz CT molecular complexity index is 623. The van der Waals surface area contributed by atoms with Gasteiger partial charge in [0.25, 0.3) is 5.91 Å². The molecule has 2 aromatic rings. The second kappa shape index (κ2) is 6.67. The van der Waals surface area contributed by atoms with E-state index < -0.39 is 17.9 Å². The standard InChI is InChI=1S/C14H14N2O5/c17-7-6-10(14(19)20)15-13(18)12-8-11(16-21-12)9-4-2-1-3-5-9/h1-5,8,10,17H,6-7H2,(H,15,18)(H,19,20)/t10-/m0/s1. The van der Waals surface area contributed by atoms with E-state index in [0.29, 0.717) is 5.69 Å². The summed E-state index contributed by atoms with van der Waals surface area (Å²) in [6.45, 7) is -0.344. The Kier molecular flexibility index (Phi) is 4.68. The molecule has 1 amide bonds. The van der Waals surface area contributed by atoms with Crippen LogP contribution >= 0.6 is 0 Å². The number of aliphatic hydroxyl groups is 1. The summed E-state index contributed by atoms with van der Waals surface area (Å²) in [7, 11) is 0. The molecule has 0 aliphatic heterocycles. The maximum atomic E-state index is 11.9. The number of nitrogens with one attached hydrogen (secondary N) is 1. The molecular weight excluding hydrogens is 276 g/mol. The third kappa shape index (κ3) is 3.67. The largest absolute Gasteiger partial charge is 0.480 e. The van der Waals surface area contributed by atoms with Crippen LogP contribution in [-0.2, 0) is 4.79 Å². The van der Waals surface area contributed by atoms with Gasteiger partial charge in [0.15, 0.2) is 0 Å². The number of aliphatic hydroxyl groups excluding tert-OH is 1. The van der Waals surface area contributed by atoms with Gasteiger partial charge in [-0.2, -0.15) is 0 Å². The van der Waals surface area contributed by atoms with Crippen molar-refractivity contribution in [3.63, 3.8) is 0 Å². The number of nitrogens with zero attached hydrogens (tertiary/aromatic N) is 1. The maximum Gasteiger partial charge on any atom is 0.326 e. The lowest BCUT2D eigenvalue weighted by Crippen LogP contribution is -2.41. The highest BCUT2D eigenvalue weighted by atomic mass is 16.5. The lowest BCUT2D eigenvalue weighted by Gasteiger charge is -2.11. The van der Waals surface area contributed by atoms with Crippen molar-refractivity contribution in [1.29, 1.82) is 0 Å². The number of carboxylic acid groups (broad SMARTS) is 1. The molecule has 1 aromatic heterocycles. The van der Waals surface area contributed by atoms with E-state index in [1.165, 1.54) is 6.07 Å². The molecule has 0 bridgehead atoms. The van der Waals surface area contributed by atoms with Gasteiger partial charge in [-0.1, -0.05) is 35.5 Å². The Labute approximate surface area is 120 Å². The molecule has 0 radical (unpaired) electrons. The highest BCUT2D eigenvalue weighted by Gasteiger charge is 2.22. The monoisotopic (exact) mass is 290 g/mol. The van der Waals surface area contributed by atoms with Crippen molar-refractivity contribution >= 4 is 11.9 Å². The van der Waals surface area contributed by atoms with Gasteiger partial charge in [0, 0.05) is 24.7 Å². The molecule has 7 nitrogen and oxygen atoms in total. The first-order chi connectivity index (χ1) is 10.1. The van der Waals surface area contributed by atoms with Crippen LogP contribution in [0.2, 0.25) is 0 Å². The Hall–Kier alpha value is -2.67. The van der Waals surface area contributed by atoms with Gasteiger partial charge >= 0.3 is 5.97 Å². The summed E-state index contributed by atoms with van der Waals surface area (Å²) in [5.41, 5.74) is 1.26. The number of benzene rings is 1. The van der Waals surface area contributed by atoms with E-state index >= 15 is 0 Å².